The molecule has 0 aliphatic rings. The van der Waals surface area contributed by atoms with Crippen LogP contribution in [0.15, 0.2) is 18.2 Å². The molecular weight excluding hydrogens is 243 g/mol. The van der Waals surface area contributed by atoms with E-state index in [1.54, 1.807) is 0 Å². The molecule has 0 fully saturated rings. The van der Waals surface area contributed by atoms with E-state index in [9.17, 15) is 0 Å². The summed E-state index contributed by atoms with van der Waals surface area (Å²) in [6.45, 7) is 10.1. The van der Waals surface area contributed by atoms with Gasteiger partial charge in [-0.3, -0.25) is 0 Å². The zero-order chi connectivity index (χ0) is 13.4. The van der Waals surface area contributed by atoms with Crippen molar-refractivity contribution in [3.05, 3.63) is 34.9 Å². The fraction of sp³-hybridized carbons (Fsp3) is 0.600. The largest absolute Gasteiger partial charge is 0.370 e. The van der Waals surface area contributed by atoms with Crippen molar-refractivity contribution in [2.24, 2.45) is 0 Å². The van der Waals surface area contributed by atoms with Gasteiger partial charge in [-0.05, 0) is 38.1 Å². The fourth-order valence-corrected chi connectivity index (χ4v) is 2.51. The molecule has 0 N–H and O–H groups in total. The highest BCUT2D eigenvalue weighted by Crippen LogP contribution is 2.32. The molecule has 102 valence electrons. The van der Waals surface area contributed by atoms with Gasteiger partial charge < -0.3 is 9.26 Å². The van der Waals surface area contributed by atoms with Gasteiger partial charge in [-0.2, -0.15) is 0 Å². The van der Waals surface area contributed by atoms with Gasteiger partial charge >= 0.3 is 0 Å². The lowest BCUT2D eigenvalue weighted by molar-refractivity contribution is 0.157. The van der Waals surface area contributed by atoms with Crippen molar-refractivity contribution in [1.29, 1.82) is 0 Å². The first-order valence-electron chi connectivity index (χ1n) is 6.61. The molecule has 0 heterocycles. The molecule has 0 radical (unpaired) electrons. The highest BCUT2D eigenvalue weighted by atomic mass is 31.1. The van der Waals surface area contributed by atoms with Gasteiger partial charge in [-0.15, -0.1) is 0 Å². The predicted octanol–water partition coefficient (Wildman–Crippen LogP) is 4.62. The van der Waals surface area contributed by atoms with Crippen molar-refractivity contribution >= 4 is 8.15 Å². The van der Waals surface area contributed by atoms with E-state index in [1.807, 2.05) is 0 Å². The van der Waals surface area contributed by atoms with Crippen LogP contribution in [-0.4, -0.2) is 19.6 Å². The van der Waals surface area contributed by atoms with Crippen LogP contribution >= 0.6 is 8.15 Å². The van der Waals surface area contributed by atoms with E-state index in [-0.39, 0.29) is 0 Å². The Morgan fingerprint density at radius 1 is 1.22 bits per heavy atom. The van der Waals surface area contributed by atoms with Crippen molar-refractivity contribution in [3.8, 4) is 0 Å². The first kappa shape index (κ1) is 15.6. The molecule has 0 amide bonds. The second kappa shape index (κ2) is 8.63. The average Bonchev–Trinajstić information content (AvgIpc) is 2.34. The first-order chi connectivity index (χ1) is 8.63. The second-order valence-corrected chi connectivity index (χ2v) is 6.49. The Morgan fingerprint density at radius 2 is 2.00 bits per heavy atom. The average molecular weight is 268 g/mol. The lowest BCUT2D eigenvalue weighted by atomic mass is 10.1. The van der Waals surface area contributed by atoms with Gasteiger partial charge in [-0.1, -0.05) is 37.1 Å². The third-order valence-corrected chi connectivity index (χ3v) is 4.01. The Balaban J connectivity index is 2.26. The standard InChI is InChI=1S/C15H25O2P/c1-5-6-9-17-18(4)12-16-11-15-10-13(2)7-8-14(15)3/h7-8,10H,5-6,9,11-12H2,1-4H3. The number of aryl methyl sites for hydroxylation is 2. The molecule has 0 aliphatic heterocycles. The zero-order valence-electron chi connectivity index (χ0n) is 12.0. The Bertz CT molecular complexity index is 352. The van der Waals surface area contributed by atoms with Crippen LogP contribution in [-0.2, 0) is 15.9 Å². The Hall–Kier alpha value is -0.430. The molecule has 0 spiro atoms. The maximum Gasteiger partial charge on any atom is 0.0909 e. The van der Waals surface area contributed by atoms with Crippen LogP contribution in [0.2, 0.25) is 0 Å². The number of hydrogen-bond donors (Lipinski definition) is 0. The van der Waals surface area contributed by atoms with Gasteiger partial charge in [0.15, 0.2) is 0 Å². The molecular formula is C15H25O2P. The van der Waals surface area contributed by atoms with Crippen molar-refractivity contribution in [1.82, 2.24) is 0 Å². The number of hydrogen-bond acceptors (Lipinski definition) is 2. The van der Waals surface area contributed by atoms with E-state index >= 15 is 0 Å². The number of unbranched alkanes of at least 4 members (excludes halogenated alkanes) is 1. The molecule has 0 saturated carbocycles. The highest BCUT2D eigenvalue weighted by Gasteiger charge is 2.04. The molecule has 0 bridgehead atoms. The maximum atomic E-state index is 5.75. The second-order valence-electron chi connectivity index (χ2n) is 4.72. The Kier molecular flexibility index (Phi) is 7.50. The summed E-state index contributed by atoms with van der Waals surface area (Å²) < 4.78 is 11.5. The van der Waals surface area contributed by atoms with Gasteiger partial charge in [0.1, 0.15) is 0 Å². The van der Waals surface area contributed by atoms with Crippen molar-refractivity contribution in [2.75, 3.05) is 19.6 Å². The van der Waals surface area contributed by atoms with Crippen LogP contribution in [0.1, 0.15) is 36.5 Å². The van der Waals surface area contributed by atoms with Crippen molar-refractivity contribution < 1.29 is 9.26 Å². The van der Waals surface area contributed by atoms with Crippen LogP contribution in [0, 0.1) is 13.8 Å². The van der Waals surface area contributed by atoms with E-state index < -0.39 is 8.15 Å². The highest BCUT2D eigenvalue weighted by molar-refractivity contribution is 7.51. The number of ether oxygens (including phenoxy) is 1. The third kappa shape index (κ3) is 5.95. The minimum Gasteiger partial charge on any atom is -0.370 e. The molecule has 18 heavy (non-hydrogen) atoms. The van der Waals surface area contributed by atoms with E-state index in [0.717, 1.165) is 19.4 Å². The van der Waals surface area contributed by atoms with Crippen LogP contribution in [0.3, 0.4) is 0 Å². The van der Waals surface area contributed by atoms with Crippen LogP contribution in [0.4, 0.5) is 0 Å². The molecule has 0 aliphatic carbocycles. The topological polar surface area (TPSA) is 18.5 Å². The summed E-state index contributed by atoms with van der Waals surface area (Å²) in [6, 6.07) is 6.49. The SMILES string of the molecule is CCCCOP(C)COCc1cc(C)ccc1C. The predicted molar refractivity (Wildman–Crippen MR) is 79.3 cm³/mol. The fourth-order valence-electron chi connectivity index (χ4n) is 1.64. The lowest BCUT2D eigenvalue weighted by Crippen LogP contribution is -1.99. The molecule has 0 aromatic heterocycles. The quantitative estimate of drug-likeness (QED) is 0.506. The summed E-state index contributed by atoms with van der Waals surface area (Å²) in [4.78, 5) is 0. The molecule has 1 rings (SSSR count). The lowest BCUT2D eigenvalue weighted by Gasteiger charge is -2.14. The minimum atomic E-state index is -0.428. The normalized spacial score (nSPS) is 12.7. The first-order valence-corrected chi connectivity index (χ1v) is 8.50. The van der Waals surface area contributed by atoms with Gasteiger partial charge in [-0.25, -0.2) is 0 Å². The molecule has 1 aromatic rings. The molecule has 1 atom stereocenters. The summed E-state index contributed by atoms with van der Waals surface area (Å²) in [5.41, 5.74) is 3.87. The van der Waals surface area contributed by atoms with Crippen LogP contribution < -0.4 is 0 Å². The molecule has 0 saturated heterocycles. The van der Waals surface area contributed by atoms with Crippen LogP contribution in [0.5, 0.6) is 0 Å². The van der Waals surface area contributed by atoms with E-state index in [4.69, 9.17) is 9.26 Å². The Labute approximate surface area is 113 Å². The monoisotopic (exact) mass is 268 g/mol. The number of rotatable bonds is 8. The van der Waals surface area contributed by atoms with E-state index in [0.29, 0.717) is 6.61 Å². The summed E-state index contributed by atoms with van der Waals surface area (Å²) in [5, 5.41) is 0. The number of benzene rings is 1. The van der Waals surface area contributed by atoms with E-state index in [1.165, 1.54) is 23.1 Å². The third-order valence-electron chi connectivity index (χ3n) is 2.84. The van der Waals surface area contributed by atoms with Crippen LogP contribution in [0.25, 0.3) is 0 Å². The molecule has 2 nitrogen and oxygen atoms in total. The van der Waals surface area contributed by atoms with Crippen molar-refractivity contribution in [2.45, 2.75) is 40.2 Å². The van der Waals surface area contributed by atoms with Gasteiger partial charge in [0, 0.05) is 0 Å². The van der Waals surface area contributed by atoms with Gasteiger partial charge in [0.05, 0.1) is 27.7 Å². The molecule has 1 unspecified atom stereocenters. The zero-order valence-corrected chi connectivity index (χ0v) is 12.9. The molecule has 1 aromatic carbocycles. The summed E-state index contributed by atoms with van der Waals surface area (Å²) in [7, 11) is -0.428. The van der Waals surface area contributed by atoms with Gasteiger partial charge in [0.2, 0.25) is 0 Å². The summed E-state index contributed by atoms with van der Waals surface area (Å²) in [5.74, 6) is 0. The summed E-state index contributed by atoms with van der Waals surface area (Å²) in [6.07, 6.45) is 3.06. The maximum absolute atomic E-state index is 5.75. The smallest absolute Gasteiger partial charge is 0.0909 e. The Morgan fingerprint density at radius 3 is 2.72 bits per heavy atom. The summed E-state index contributed by atoms with van der Waals surface area (Å²) >= 11 is 0. The molecule has 3 heteroatoms. The van der Waals surface area contributed by atoms with Gasteiger partial charge in [0.25, 0.3) is 0 Å². The minimum absolute atomic E-state index is 0.428. The van der Waals surface area contributed by atoms with E-state index in [2.05, 4.69) is 45.6 Å². The van der Waals surface area contributed by atoms with Crippen molar-refractivity contribution in [3.63, 3.8) is 0 Å².